The van der Waals surface area contributed by atoms with E-state index in [1.165, 1.54) is 24.4 Å². The van der Waals surface area contributed by atoms with Crippen LogP contribution < -0.4 is 4.74 Å². The fraction of sp³-hybridized carbons (Fsp3) is 0.214. The summed E-state index contributed by atoms with van der Waals surface area (Å²) in [7, 11) is 0. The van der Waals surface area contributed by atoms with Gasteiger partial charge in [0, 0.05) is 0 Å². The molecule has 0 saturated carbocycles. The number of aliphatic hydroxyl groups is 1. The van der Waals surface area contributed by atoms with Gasteiger partial charge in [0.1, 0.15) is 17.3 Å². The molecule has 19 heavy (non-hydrogen) atoms. The lowest BCUT2D eigenvalue weighted by Crippen LogP contribution is -1.98. The standard InChI is InChI=1S/C14H13ClFNO2/c1-2-13(18)12-5-4-10(8-17-12)19-14-6-3-9(16)7-11(14)15/h3-8,13,18H,2H2,1H3/t13-/m1/s1. The van der Waals surface area contributed by atoms with Crippen LogP contribution in [0.25, 0.3) is 0 Å². The Morgan fingerprint density at radius 1 is 1.37 bits per heavy atom. The number of pyridine rings is 1. The number of rotatable bonds is 4. The Morgan fingerprint density at radius 3 is 2.74 bits per heavy atom. The quantitative estimate of drug-likeness (QED) is 0.917. The van der Waals surface area contributed by atoms with Gasteiger partial charge in [-0.15, -0.1) is 0 Å². The summed E-state index contributed by atoms with van der Waals surface area (Å²) < 4.78 is 18.4. The van der Waals surface area contributed by atoms with Crippen LogP contribution in [0.5, 0.6) is 11.5 Å². The first kappa shape index (κ1) is 13.8. The normalized spacial score (nSPS) is 12.2. The molecule has 1 aromatic heterocycles. The second-order valence-electron chi connectivity index (χ2n) is 4.02. The summed E-state index contributed by atoms with van der Waals surface area (Å²) in [5.41, 5.74) is 0.583. The van der Waals surface area contributed by atoms with Crippen molar-refractivity contribution in [1.82, 2.24) is 4.98 Å². The fourth-order valence-electron chi connectivity index (χ4n) is 1.54. The molecule has 1 atom stereocenters. The van der Waals surface area contributed by atoms with E-state index in [1.54, 1.807) is 12.1 Å². The summed E-state index contributed by atoms with van der Waals surface area (Å²) in [6, 6.07) is 7.26. The molecule has 0 spiro atoms. The van der Waals surface area contributed by atoms with Crippen molar-refractivity contribution in [2.45, 2.75) is 19.4 Å². The third-order valence-corrected chi connectivity index (χ3v) is 2.90. The van der Waals surface area contributed by atoms with Crippen LogP contribution in [0.15, 0.2) is 36.5 Å². The highest BCUT2D eigenvalue weighted by molar-refractivity contribution is 6.32. The number of nitrogens with zero attached hydrogens (tertiary/aromatic N) is 1. The minimum absolute atomic E-state index is 0.192. The van der Waals surface area contributed by atoms with E-state index in [9.17, 15) is 9.50 Å². The van der Waals surface area contributed by atoms with Gasteiger partial charge in [-0.1, -0.05) is 18.5 Å². The fourth-order valence-corrected chi connectivity index (χ4v) is 1.75. The smallest absolute Gasteiger partial charge is 0.146 e. The third-order valence-electron chi connectivity index (χ3n) is 2.61. The van der Waals surface area contributed by atoms with Crippen LogP contribution >= 0.6 is 11.6 Å². The zero-order chi connectivity index (χ0) is 13.8. The molecule has 1 heterocycles. The molecular formula is C14H13ClFNO2. The lowest BCUT2D eigenvalue weighted by molar-refractivity contribution is 0.169. The molecule has 0 aliphatic heterocycles. The summed E-state index contributed by atoms with van der Waals surface area (Å²) >= 11 is 5.86. The number of hydrogen-bond donors (Lipinski definition) is 1. The summed E-state index contributed by atoms with van der Waals surface area (Å²) in [4.78, 5) is 4.10. The Hall–Kier alpha value is -1.65. The largest absolute Gasteiger partial charge is 0.454 e. The zero-order valence-corrected chi connectivity index (χ0v) is 11.1. The number of benzene rings is 1. The Balaban J connectivity index is 2.15. The number of hydrogen-bond acceptors (Lipinski definition) is 3. The summed E-state index contributed by atoms with van der Waals surface area (Å²) in [5, 5.41) is 9.81. The van der Waals surface area contributed by atoms with Crippen molar-refractivity contribution in [2.24, 2.45) is 0 Å². The molecule has 2 aromatic rings. The van der Waals surface area contributed by atoms with Gasteiger partial charge in [-0.3, -0.25) is 4.98 Å². The van der Waals surface area contributed by atoms with E-state index in [-0.39, 0.29) is 5.02 Å². The maximum absolute atomic E-state index is 12.9. The monoisotopic (exact) mass is 281 g/mol. The predicted octanol–water partition coefficient (Wildman–Crippen LogP) is 4.11. The molecule has 0 aliphatic rings. The molecule has 0 bridgehead atoms. The van der Waals surface area contributed by atoms with Gasteiger partial charge in [0.2, 0.25) is 0 Å². The second kappa shape index (κ2) is 5.99. The summed E-state index contributed by atoms with van der Waals surface area (Å²) in [6.07, 6.45) is 1.51. The topological polar surface area (TPSA) is 42.4 Å². The van der Waals surface area contributed by atoms with Crippen LogP contribution in [0.1, 0.15) is 25.1 Å². The molecule has 2 rings (SSSR count). The van der Waals surface area contributed by atoms with Crippen molar-refractivity contribution in [1.29, 1.82) is 0 Å². The molecule has 3 nitrogen and oxygen atoms in total. The minimum Gasteiger partial charge on any atom is -0.454 e. The second-order valence-corrected chi connectivity index (χ2v) is 4.43. The van der Waals surface area contributed by atoms with E-state index in [0.29, 0.717) is 23.6 Å². The van der Waals surface area contributed by atoms with Crippen LogP contribution in [-0.2, 0) is 0 Å². The van der Waals surface area contributed by atoms with E-state index >= 15 is 0 Å². The molecular weight excluding hydrogens is 269 g/mol. The van der Waals surface area contributed by atoms with E-state index in [2.05, 4.69) is 4.98 Å². The highest BCUT2D eigenvalue weighted by Crippen LogP contribution is 2.29. The maximum atomic E-state index is 12.9. The van der Waals surface area contributed by atoms with Crippen LogP contribution in [0.4, 0.5) is 4.39 Å². The highest BCUT2D eigenvalue weighted by Gasteiger charge is 2.08. The van der Waals surface area contributed by atoms with Gasteiger partial charge in [0.15, 0.2) is 0 Å². The minimum atomic E-state index is -0.580. The van der Waals surface area contributed by atoms with Crippen molar-refractivity contribution < 1.29 is 14.2 Å². The number of aliphatic hydroxyl groups excluding tert-OH is 1. The van der Waals surface area contributed by atoms with Gasteiger partial charge >= 0.3 is 0 Å². The van der Waals surface area contributed by atoms with E-state index in [4.69, 9.17) is 16.3 Å². The lowest BCUT2D eigenvalue weighted by atomic mass is 10.2. The van der Waals surface area contributed by atoms with Gasteiger partial charge in [-0.25, -0.2) is 4.39 Å². The molecule has 0 saturated heterocycles. The lowest BCUT2D eigenvalue weighted by Gasteiger charge is -2.10. The molecule has 0 unspecified atom stereocenters. The molecule has 0 radical (unpaired) electrons. The molecule has 0 aliphatic carbocycles. The number of ether oxygens (including phenoxy) is 1. The van der Waals surface area contributed by atoms with Gasteiger partial charge in [0.05, 0.1) is 23.0 Å². The molecule has 1 aromatic carbocycles. The van der Waals surface area contributed by atoms with Gasteiger partial charge in [-0.05, 0) is 36.8 Å². The van der Waals surface area contributed by atoms with E-state index in [1.807, 2.05) is 6.92 Å². The first-order valence-electron chi connectivity index (χ1n) is 5.87. The maximum Gasteiger partial charge on any atom is 0.146 e. The van der Waals surface area contributed by atoms with Crippen LogP contribution in [0.3, 0.4) is 0 Å². The van der Waals surface area contributed by atoms with Crippen LogP contribution in [0.2, 0.25) is 5.02 Å². The highest BCUT2D eigenvalue weighted by atomic mass is 35.5. The zero-order valence-electron chi connectivity index (χ0n) is 10.3. The summed E-state index contributed by atoms with van der Waals surface area (Å²) in [6.45, 7) is 1.87. The molecule has 5 heteroatoms. The number of halogens is 2. The average Bonchev–Trinajstić information content (AvgIpc) is 2.42. The number of aromatic nitrogens is 1. The van der Waals surface area contributed by atoms with Crippen molar-refractivity contribution in [3.8, 4) is 11.5 Å². The Morgan fingerprint density at radius 2 is 2.16 bits per heavy atom. The molecule has 1 N–H and O–H groups in total. The first-order chi connectivity index (χ1) is 9.10. The summed E-state index contributed by atoms with van der Waals surface area (Å²) in [5.74, 6) is 0.408. The van der Waals surface area contributed by atoms with Crippen molar-refractivity contribution in [2.75, 3.05) is 0 Å². The van der Waals surface area contributed by atoms with Crippen LogP contribution in [-0.4, -0.2) is 10.1 Å². The first-order valence-corrected chi connectivity index (χ1v) is 6.25. The van der Waals surface area contributed by atoms with E-state index < -0.39 is 11.9 Å². The van der Waals surface area contributed by atoms with Gasteiger partial charge in [-0.2, -0.15) is 0 Å². The Kier molecular flexibility index (Phi) is 4.35. The Labute approximate surface area is 115 Å². The van der Waals surface area contributed by atoms with Gasteiger partial charge in [0.25, 0.3) is 0 Å². The van der Waals surface area contributed by atoms with Crippen molar-refractivity contribution in [3.05, 3.63) is 53.1 Å². The van der Waals surface area contributed by atoms with E-state index in [0.717, 1.165) is 0 Å². The molecule has 0 amide bonds. The van der Waals surface area contributed by atoms with Crippen molar-refractivity contribution in [3.63, 3.8) is 0 Å². The Bertz CT molecular complexity index is 560. The third kappa shape index (κ3) is 3.43. The average molecular weight is 282 g/mol. The van der Waals surface area contributed by atoms with Crippen LogP contribution in [0, 0.1) is 5.82 Å². The molecule has 100 valence electrons. The molecule has 0 fully saturated rings. The van der Waals surface area contributed by atoms with Gasteiger partial charge < -0.3 is 9.84 Å². The predicted molar refractivity (Wildman–Crippen MR) is 71.0 cm³/mol. The SMILES string of the molecule is CC[C@@H](O)c1ccc(Oc2ccc(F)cc2Cl)cn1. The van der Waals surface area contributed by atoms with Crippen molar-refractivity contribution >= 4 is 11.6 Å².